The van der Waals surface area contributed by atoms with Gasteiger partial charge >= 0.3 is 0 Å². The number of furan rings is 1. The van der Waals surface area contributed by atoms with E-state index in [2.05, 4.69) is 15.3 Å². The minimum atomic E-state index is -0.206. The highest BCUT2D eigenvalue weighted by molar-refractivity contribution is 5.91. The van der Waals surface area contributed by atoms with Gasteiger partial charge in [0, 0.05) is 14.1 Å². The fraction of sp³-hybridized carbons (Fsp3) is 0.235. The van der Waals surface area contributed by atoms with Gasteiger partial charge in [0.1, 0.15) is 11.6 Å². The first-order chi connectivity index (χ1) is 11.5. The van der Waals surface area contributed by atoms with Crippen LogP contribution in [0.5, 0.6) is 0 Å². The zero-order valence-corrected chi connectivity index (χ0v) is 13.7. The number of nitrogens with zero attached hydrogens (tertiary/aromatic N) is 3. The summed E-state index contributed by atoms with van der Waals surface area (Å²) in [7, 11) is 3.86. The lowest BCUT2D eigenvalue weighted by atomic mass is 10.2. The zero-order chi connectivity index (χ0) is 17.1. The molecule has 24 heavy (non-hydrogen) atoms. The van der Waals surface area contributed by atoms with Crippen LogP contribution >= 0.6 is 0 Å². The van der Waals surface area contributed by atoms with Gasteiger partial charge < -0.3 is 19.1 Å². The number of amides is 1. The average Bonchev–Trinajstić information content (AvgIpc) is 3.18. The summed E-state index contributed by atoms with van der Waals surface area (Å²) in [5.74, 6) is 1.78. The van der Waals surface area contributed by atoms with Crippen molar-refractivity contribution in [1.82, 2.24) is 9.97 Å². The van der Waals surface area contributed by atoms with Gasteiger partial charge in [-0.3, -0.25) is 4.79 Å². The highest BCUT2D eigenvalue weighted by Gasteiger charge is 2.16. The van der Waals surface area contributed by atoms with E-state index in [0.29, 0.717) is 28.9 Å². The average molecular weight is 326 g/mol. The van der Waals surface area contributed by atoms with Gasteiger partial charge in [-0.2, -0.15) is 0 Å². The molecular weight excluding hydrogens is 308 g/mol. The Bertz CT molecular complexity index is 820. The molecule has 124 valence electrons. The third kappa shape index (κ3) is 3.45. The van der Waals surface area contributed by atoms with E-state index < -0.39 is 0 Å². The van der Waals surface area contributed by atoms with Crippen molar-refractivity contribution in [2.24, 2.45) is 0 Å². The Morgan fingerprint density at radius 2 is 2.12 bits per heavy atom. The van der Waals surface area contributed by atoms with Crippen LogP contribution in [0.15, 0.2) is 45.6 Å². The number of rotatable bonds is 5. The quantitative estimate of drug-likeness (QED) is 0.776. The number of carbonyl (C=O) groups excluding carboxylic acids is 1. The predicted octanol–water partition coefficient (Wildman–Crippen LogP) is 2.89. The SMILES string of the molecule is Cc1oc(-c2ccco2)nc1CC(=O)Nc1ccc(N(C)C)cn1. The minimum Gasteiger partial charge on any atom is -0.459 e. The van der Waals surface area contributed by atoms with E-state index in [1.165, 1.54) is 0 Å². The molecule has 0 saturated heterocycles. The normalized spacial score (nSPS) is 10.6. The van der Waals surface area contributed by atoms with Crippen LogP contribution in [-0.2, 0) is 11.2 Å². The van der Waals surface area contributed by atoms with Crippen LogP contribution in [0.2, 0.25) is 0 Å². The van der Waals surface area contributed by atoms with Gasteiger partial charge in [-0.05, 0) is 31.2 Å². The van der Waals surface area contributed by atoms with Crippen molar-refractivity contribution >= 4 is 17.4 Å². The molecule has 0 radical (unpaired) electrons. The molecule has 3 aromatic rings. The number of nitrogens with one attached hydrogen (secondary N) is 1. The molecule has 0 aliphatic carbocycles. The maximum absolute atomic E-state index is 12.2. The lowest BCUT2D eigenvalue weighted by molar-refractivity contribution is -0.115. The molecule has 3 rings (SSSR count). The van der Waals surface area contributed by atoms with Crippen LogP contribution in [0.25, 0.3) is 11.7 Å². The van der Waals surface area contributed by atoms with Gasteiger partial charge in [0.2, 0.25) is 5.91 Å². The Hall–Kier alpha value is -3.09. The Balaban J connectivity index is 1.66. The van der Waals surface area contributed by atoms with Crippen molar-refractivity contribution in [3.8, 4) is 11.7 Å². The summed E-state index contributed by atoms with van der Waals surface area (Å²) in [6.07, 6.45) is 3.35. The van der Waals surface area contributed by atoms with Gasteiger partial charge in [-0.15, -0.1) is 0 Å². The summed E-state index contributed by atoms with van der Waals surface area (Å²) < 4.78 is 10.8. The van der Waals surface area contributed by atoms with Crippen molar-refractivity contribution in [3.05, 3.63) is 48.2 Å². The second-order valence-corrected chi connectivity index (χ2v) is 5.52. The van der Waals surface area contributed by atoms with E-state index in [4.69, 9.17) is 8.83 Å². The second-order valence-electron chi connectivity index (χ2n) is 5.52. The van der Waals surface area contributed by atoms with Gasteiger partial charge in [-0.25, -0.2) is 9.97 Å². The van der Waals surface area contributed by atoms with Crippen molar-refractivity contribution in [2.75, 3.05) is 24.3 Å². The number of hydrogen-bond donors (Lipinski definition) is 1. The van der Waals surface area contributed by atoms with Gasteiger partial charge in [-0.1, -0.05) is 0 Å². The third-order valence-corrected chi connectivity index (χ3v) is 3.48. The Kier molecular flexibility index (Phi) is 4.33. The van der Waals surface area contributed by atoms with E-state index in [9.17, 15) is 4.79 Å². The number of aromatic nitrogens is 2. The van der Waals surface area contributed by atoms with Crippen LogP contribution in [0, 0.1) is 6.92 Å². The molecule has 0 aliphatic rings. The summed E-state index contributed by atoms with van der Waals surface area (Å²) in [5, 5.41) is 2.75. The van der Waals surface area contributed by atoms with Gasteiger partial charge in [0.15, 0.2) is 5.76 Å². The Morgan fingerprint density at radius 3 is 2.75 bits per heavy atom. The topological polar surface area (TPSA) is 84.4 Å². The fourth-order valence-electron chi connectivity index (χ4n) is 2.16. The van der Waals surface area contributed by atoms with Crippen molar-refractivity contribution in [1.29, 1.82) is 0 Å². The molecule has 0 bridgehead atoms. The maximum Gasteiger partial charge on any atom is 0.263 e. The lowest BCUT2D eigenvalue weighted by Gasteiger charge is -2.12. The molecular formula is C17H18N4O3. The molecule has 7 heteroatoms. The first kappa shape index (κ1) is 15.8. The highest BCUT2D eigenvalue weighted by Crippen LogP contribution is 2.22. The number of carbonyl (C=O) groups is 1. The van der Waals surface area contributed by atoms with Crippen molar-refractivity contribution in [3.63, 3.8) is 0 Å². The van der Waals surface area contributed by atoms with E-state index in [1.807, 2.05) is 25.1 Å². The molecule has 0 atom stereocenters. The van der Waals surface area contributed by atoms with E-state index in [-0.39, 0.29) is 12.3 Å². The van der Waals surface area contributed by atoms with Gasteiger partial charge in [0.25, 0.3) is 5.89 Å². The first-order valence-electron chi connectivity index (χ1n) is 7.46. The molecule has 3 aromatic heterocycles. The third-order valence-electron chi connectivity index (χ3n) is 3.48. The van der Waals surface area contributed by atoms with E-state index in [0.717, 1.165) is 5.69 Å². The lowest BCUT2D eigenvalue weighted by Crippen LogP contribution is -2.16. The Morgan fingerprint density at radius 1 is 1.29 bits per heavy atom. The standard InChI is InChI=1S/C17H18N4O3/c1-11-13(19-17(24-11)14-5-4-8-23-14)9-16(22)20-15-7-6-12(10-18-15)21(2)3/h4-8,10H,9H2,1-3H3,(H,18,20,22). The number of aryl methyl sites for hydroxylation is 1. The first-order valence-corrected chi connectivity index (χ1v) is 7.46. The molecule has 1 N–H and O–H groups in total. The number of anilines is 2. The van der Waals surface area contributed by atoms with E-state index >= 15 is 0 Å². The molecule has 0 unspecified atom stereocenters. The molecule has 0 aliphatic heterocycles. The summed E-state index contributed by atoms with van der Waals surface area (Å²) in [4.78, 5) is 22.7. The molecule has 0 saturated carbocycles. The molecule has 7 nitrogen and oxygen atoms in total. The largest absolute Gasteiger partial charge is 0.459 e. The van der Waals surface area contributed by atoms with Crippen LogP contribution in [0.4, 0.5) is 11.5 Å². The van der Waals surface area contributed by atoms with Crippen LogP contribution in [0.3, 0.4) is 0 Å². The minimum absolute atomic E-state index is 0.104. The van der Waals surface area contributed by atoms with Crippen LogP contribution < -0.4 is 10.2 Å². The second kappa shape index (κ2) is 6.57. The summed E-state index contributed by atoms with van der Waals surface area (Å²) in [6, 6.07) is 7.16. The molecule has 0 aromatic carbocycles. The van der Waals surface area contributed by atoms with Crippen LogP contribution in [-0.4, -0.2) is 30.0 Å². The zero-order valence-electron chi connectivity index (χ0n) is 13.7. The number of hydrogen-bond acceptors (Lipinski definition) is 6. The molecule has 3 heterocycles. The summed E-state index contributed by atoms with van der Waals surface area (Å²) in [5.41, 5.74) is 1.53. The molecule has 1 amide bonds. The monoisotopic (exact) mass is 326 g/mol. The number of oxazole rings is 1. The summed E-state index contributed by atoms with van der Waals surface area (Å²) >= 11 is 0. The van der Waals surface area contributed by atoms with E-state index in [1.54, 1.807) is 37.6 Å². The molecule has 0 spiro atoms. The maximum atomic E-state index is 12.2. The number of pyridine rings is 1. The van der Waals surface area contributed by atoms with Gasteiger partial charge in [0.05, 0.1) is 30.3 Å². The highest BCUT2D eigenvalue weighted by atomic mass is 16.4. The van der Waals surface area contributed by atoms with Crippen molar-refractivity contribution in [2.45, 2.75) is 13.3 Å². The molecule has 0 fully saturated rings. The van der Waals surface area contributed by atoms with Crippen LogP contribution in [0.1, 0.15) is 11.5 Å². The van der Waals surface area contributed by atoms with Crippen molar-refractivity contribution < 1.29 is 13.6 Å². The summed E-state index contributed by atoms with van der Waals surface area (Å²) in [6.45, 7) is 1.77. The fourth-order valence-corrected chi connectivity index (χ4v) is 2.16. The Labute approximate surface area is 139 Å². The smallest absolute Gasteiger partial charge is 0.263 e. The predicted molar refractivity (Wildman–Crippen MR) is 89.8 cm³/mol.